The molecule has 1 aromatic heterocycles. The number of nitrogens with two attached hydrogens (primary N) is 1. The van der Waals surface area contributed by atoms with Crippen LogP contribution in [0.25, 0.3) is 0 Å². The minimum atomic E-state index is 0.358. The van der Waals surface area contributed by atoms with Crippen LogP contribution in [0.3, 0.4) is 0 Å². The van der Waals surface area contributed by atoms with Crippen molar-refractivity contribution in [2.45, 2.75) is 6.54 Å². The molecule has 2 rings (SSSR count). The number of nitrogens with zero attached hydrogens (tertiary/aromatic N) is 2. The third-order valence-corrected chi connectivity index (χ3v) is 3.20. The Hall–Kier alpha value is -1.65. The van der Waals surface area contributed by atoms with E-state index < -0.39 is 0 Å². The second-order valence-electron chi connectivity index (χ2n) is 4.26. The van der Waals surface area contributed by atoms with Crippen molar-refractivity contribution in [1.82, 2.24) is 4.98 Å². The number of thiocarbonyl (C=S) groups is 1. The molecule has 1 aromatic carbocycles. The van der Waals surface area contributed by atoms with Gasteiger partial charge in [-0.05, 0) is 29.8 Å². The maximum absolute atomic E-state index is 5.97. The van der Waals surface area contributed by atoms with Crippen LogP contribution in [0.2, 0.25) is 5.02 Å². The average Bonchev–Trinajstić information content (AvgIpc) is 2.39. The molecule has 0 aliphatic rings. The first-order valence-corrected chi connectivity index (χ1v) is 6.56. The molecular weight excluding hydrogens is 278 g/mol. The Morgan fingerprint density at radius 2 is 2.16 bits per heavy atom. The van der Waals surface area contributed by atoms with Gasteiger partial charge in [-0.2, -0.15) is 0 Å². The monoisotopic (exact) mass is 291 g/mol. The highest BCUT2D eigenvalue weighted by Gasteiger charge is 2.05. The molecule has 98 valence electrons. The fourth-order valence-corrected chi connectivity index (χ4v) is 2.08. The number of anilines is 1. The van der Waals surface area contributed by atoms with E-state index in [1.54, 1.807) is 6.20 Å². The zero-order chi connectivity index (χ0) is 13.8. The van der Waals surface area contributed by atoms with Gasteiger partial charge in [0.05, 0.1) is 0 Å². The molecule has 1 heterocycles. The van der Waals surface area contributed by atoms with E-state index >= 15 is 0 Å². The lowest BCUT2D eigenvalue weighted by Gasteiger charge is -2.18. The van der Waals surface area contributed by atoms with Gasteiger partial charge in [0.2, 0.25) is 0 Å². The van der Waals surface area contributed by atoms with E-state index in [9.17, 15) is 0 Å². The smallest absolute Gasteiger partial charge is 0.128 e. The molecule has 2 aromatic rings. The lowest BCUT2D eigenvalue weighted by molar-refractivity contribution is 0.898. The van der Waals surface area contributed by atoms with Gasteiger partial charge in [-0.15, -0.1) is 0 Å². The van der Waals surface area contributed by atoms with Crippen LogP contribution in [0.4, 0.5) is 5.82 Å². The molecule has 0 bridgehead atoms. The first-order chi connectivity index (χ1) is 9.06. The van der Waals surface area contributed by atoms with Gasteiger partial charge in [0, 0.05) is 30.4 Å². The molecule has 0 aliphatic heterocycles. The number of rotatable bonds is 4. The second kappa shape index (κ2) is 5.99. The summed E-state index contributed by atoms with van der Waals surface area (Å²) in [6.07, 6.45) is 1.69. The van der Waals surface area contributed by atoms with Crippen LogP contribution in [0.15, 0.2) is 42.6 Å². The van der Waals surface area contributed by atoms with E-state index in [2.05, 4.69) is 4.98 Å². The van der Waals surface area contributed by atoms with Crippen molar-refractivity contribution < 1.29 is 0 Å². The van der Waals surface area contributed by atoms with E-state index in [0.29, 0.717) is 4.99 Å². The molecule has 0 spiro atoms. The number of benzene rings is 1. The van der Waals surface area contributed by atoms with Gasteiger partial charge >= 0.3 is 0 Å². The molecular formula is C14H14ClN3S. The summed E-state index contributed by atoms with van der Waals surface area (Å²) in [6, 6.07) is 11.6. The van der Waals surface area contributed by atoms with Crippen molar-refractivity contribution in [3.8, 4) is 0 Å². The fraction of sp³-hybridized carbons (Fsp3) is 0.143. The summed E-state index contributed by atoms with van der Waals surface area (Å²) in [5.74, 6) is 0.861. The third-order valence-electron chi connectivity index (χ3n) is 2.73. The Morgan fingerprint density at radius 1 is 1.37 bits per heavy atom. The molecule has 2 N–H and O–H groups in total. The molecule has 5 heteroatoms. The van der Waals surface area contributed by atoms with Gasteiger partial charge in [-0.1, -0.05) is 36.0 Å². The van der Waals surface area contributed by atoms with E-state index in [0.717, 1.165) is 28.5 Å². The highest BCUT2D eigenvalue weighted by Crippen LogP contribution is 2.16. The zero-order valence-corrected chi connectivity index (χ0v) is 12.1. The van der Waals surface area contributed by atoms with Gasteiger partial charge in [-0.3, -0.25) is 0 Å². The summed E-state index contributed by atoms with van der Waals surface area (Å²) >= 11 is 10.9. The zero-order valence-electron chi connectivity index (χ0n) is 10.5. The summed E-state index contributed by atoms with van der Waals surface area (Å²) in [6.45, 7) is 0.736. The highest BCUT2D eigenvalue weighted by molar-refractivity contribution is 7.80. The van der Waals surface area contributed by atoms with Gasteiger partial charge in [0.15, 0.2) is 0 Å². The first kappa shape index (κ1) is 13.8. The minimum absolute atomic E-state index is 0.358. The molecule has 0 unspecified atom stereocenters. The summed E-state index contributed by atoms with van der Waals surface area (Å²) in [7, 11) is 1.98. The minimum Gasteiger partial charge on any atom is -0.389 e. The molecule has 0 aliphatic carbocycles. The van der Waals surface area contributed by atoms with E-state index in [1.807, 2.05) is 48.3 Å². The van der Waals surface area contributed by atoms with Crippen molar-refractivity contribution in [2.24, 2.45) is 5.73 Å². The van der Waals surface area contributed by atoms with Crippen LogP contribution >= 0.6 is 23.8 Å². The van der Waals surface area contributed by atoms with Gasteiger partial charge in [-0.25, -0.2) is 4.98 Å². The Bertz CT molecular complexity index is 583. The predicted octanol–water partition coefficient (Wildman–Crippen LogP) is 3.01. The topological polar surface area (TPSA) is 42.1 Å². The average molecular weight is 292 g/mol. The first-order valence-electron chi connectivity index (χ1n) is 5.77. The number of hydrogen-bond acceptors (Lipinski definition) is 3. The lowest BCUT2D eigenvalue weighted by atomic mass is 10.2. The Kier molecular flexibility index (Phi) is 4.35. The number of aromatic nitrogens is 1. The van der Waals surface area contributed by atoms with E-state index in [4.69, 9.17) is 29.6 Å². The normalized spacial score (nSPS) is 10.2. The Labute approximate surface area is 123 Å². The lowest BCUT2D eigenvalue weighted by Crippen LogP contribution is -2.18. The van der Waals surface area contributed by atoms with E-state index in [1.165, 1.54) is 0 Å². The molecule has 0 saturated carbocycles. The van der Waals surface area contributed by atoms with Crippen LogP contribution < -0.4 is 10.6 Å². The summed E-state index contributed by atoms with van der Waals surface area (Å²) in [5.41, 5.74) is 7.45. The Morgan fingerprint density at radius 3 is 2.74 bits per heavy atom. The molecule has 19 heavy (non-hydrogen) atoms. The maximum Gasteiger partial charge on any atom is 0.128 e. The van der Waals surface area contributed by atoms with Crippen LogP contribution in [-0.4, -0.2) is 17.0 Å². The van der Waals surface area contributed by atoms with Crippen molar-refractivity contribution in [2.75, 3.05) is 11.9 Å². The third kappa shape index (κ3) is 3.66. The molecule has 0 radical (unpaired) electrons. The Balaban J connectivity index is 2.11. The maximum atomic E-state index is 5.97. The van der Waals surface area contributed by atoms with Crippen LogP contribution in [-0.2, 0) is 6.54 Å². The van der Waals surface area contributed by atoms with Crippen molar-refractivity contribution in [1.29, 1.82) is 0 Å². The summed E-state index contributed by atoms with van der Waals surface area (Å²) < 4.78 is 0. The van der Waals surface area contributed by atoms with Gasteiger partial charge in [0.25, 0.3) is 0 Å². The van der Waals surface area contributed by atoms with Crippen molar-refractivity contribution in [3.63, 3.8) is 0 Å². The number of pyridine rings is 1. The predicted molar refractivity (Wildman–Crippen MR) is 83.7 cm³/mol. The molecule has 0 atom stereocenters. The van der Waals surface area contributed by atoms with Crippen LogP contribution in [0.1, 0.15) is 11.1 Å². The SMILES string of the molecule is CN(Cc1cccc(Cl)c1)c1ccc(C(N)=S)cn1. The molecule has 0 saturated heterocycles. The quantitative estimate of drug-likeness (QED) is 0.880. The summed E-state index contributed by atoms with van der Waals surface area (Å²) in [4.78, 5) is 6.74. The highest BCUT2D eigenvalue weighted by atomic mass is 35.5. The molecule has 3 nitrogen and oxygen atoms in total. The number of halogens is 1. The van der Waals surface area contributed by atoms with Crippen LogP contribution in [0, 0.1) is 0 Å². The van der Waals surface area contributed by atoms with Gasteiger partial charge < -0.3 is 10.6 Å². The van der Waals surface area contributed by atoms with Crippen molar-refractivity contribution >= 4 is 34.6 Å². The molecule has 0 amide bonds. The summed E-state index contributed by atoms with van der Waals surface area (Å²) in [5, 5.41) is 0.739. The standard InChI is InChI=1S/C14H14ClN3S/c1-18(9-10-3-2-4-12(15)7-10)13-6-5-11(8-17-13)14(16)19/h2-8H,9H2,1H3,(H2,16,19). The molecule has 0 fully saturated rings. The second-order valence-corrected chi connectivity index (χ2v) is 5.13. The van der Waals surface area contributed by atoms with E-state index in [-0.39, 0.29) is 0 Å². The largest absolute Gasteiger partial charge is 0.389 e. The van der Waals surface area contributed by atoms with Gasteiger partial charge in [0.1, 0.15) is 10.8 Å². The number of hydrogen-bond donors (Lipinski definition) is 1. The van der Waals surface area contributed by atoms with Crippen molar-refractivity contribution in [3.05, 3.63) is 58.7 Å². The van der Waals surface area contributed by atoms with Crippen LogP contribution in [0.5, 0.6) is 0 Å². The fourth-order valence-electron chi connectivity index (χ4n) is 1.75.